The number of nitrogens with zero attached hydrogens (tertiary/aromatic N) is 1. The van der Waals surface area contributed by atoms with E-state index in [-0.39, 0.29) is 29.8 Å². The van der Waals surface area contributed by atoms with Crippen molar-refractivity contribution in [2.24, 2.45) is 0 Å². The van der Waals surface area contributed by atoms with Crippen LogP contribution in [0.4, 0.5) is 4.79 Å². The maximum atomic E-state index is 13.6. The van der Waals surface area contributed by atoms with Crippen molar-refractivity contribution in [1.29, 1.82) is 0 Å². The lowest BCUT2D eigenvalue weighted by molar-refractivity contribution is -0.133. The summed E-state index contributed by atoms with van der Waals surface area (Å²) < 4.78 is 24.0. The molecule has 9 heteroatoms. The van der Waals surface area contributed by atoms with Crippen LogP contribution >= 0.6 is 0 Å². The Morgan fingerprint density at radius 2 is 1.57 bits per heavy atom. The van der Waals surface area contributed by atoms with E-state index in [4.69, 9.17) is 18.6 Å². The third-order valence-electron chi connectivity index (χ3n) is 6.20. The molecule has 37 heavy (non-hydrogen) atoms. The van der Waals surface area contributed by atoms with Crippen molar-refractivity contribution in [3.05, 3.63) is 47.4 Å². The van der Waals surface area contributed by atoms with Gasteiger partial charge in [-0.25, -0.2) is 9.69 Å². The first-order valence-corrected chi connectivity index (χ1v) is 15.6. The lowest BCUT2D eigenvalue weighted by atomic mass is 10.1. The molecule has 2 amide bonds. The summed E-state index contributed by atoms with van der Waals surface area (Å²) in [6.07, 6.45) is -2.15. The topological polar surface area (TPSA) is 94.5 Å². The molecule has 2 atom stereocenters. The fourth-order valence-corrected chi connectivity index (χ4v) is 4.36. The molecule has 0 saturated heterocycles. The fourth-order valence-electron chi connectivity index (χ4n) is 3.33. The third-order valence-corrected chi connectivity index (χ3v) is 10.7. The van der Waals surface area contributed by atoms with E-state index in [1.54, 1.807) is 41.5 Å². The van der Waals surface area contributed by atoms with Gasteiger partial charge in [-0.2, -0.15) is 0 Å². The number of carbonyl (C=O) groups is 2. The van der Waals surface area contributed by atoms with E-state index in [2.05, 4.69) is 33.9 Å². The Labute approximate surface area is 223 Å². The minimum atomic E-state index is -2.24. The average Bonchev–Trinajstić information content (AvgIpc) is 2.99. The summed E-state index contributed by atoms with van der Waals surface area (Å²) in [6, 6.07) is 8.26. The highest BCUT2D eigenvalue weighted by molar-refractivity contribution is 6.74. The van der Waals surface area contributed by atoms with E-state index < -0.39 is 43.7 Å². The summed E-state index contributed by atoms with van der Waals surface area (Å²) in [6.45, 7) is 21.0. The van der Waals surface area contributed by atoms with Crippen LogP contribution in [0.25, 0.3) is 0 Å². The Hall–Kier alpha value is -2.36. The van der Waals surface area contributed by atoms with Crippen LogP contribution in [-0.4, -0.2) is 60.3 Å². The van der Waals surface area contributed by atoms with Crippen molar-refractivity contribution >= 4 is 20.3 Å². The first-order valence-electron chi connectivity index (χ1n) is 12.7. The SMILES string of the molecule is CC(C)(C)OC(=O)N1C(=O)C(OC(C)(C)C)=C(OCc2ccccc2)[C@H]1[C@H](O)CO[Si](C)(C)C(C)(C)C. The number of ether oxygens (including phenoxy) is 3. The molecule has 208 valence electrons. The minimum absolute atomic E-state index is 0.0842. The van der Waals surface area contributed by atoms with Crippen LogP contribution in [0.1, 0.15) is 67.9 Å². The smallest absolute Gasteiger partial charge is 0.418 e. The molecule has 0 fully saturated rings. The van der Waals surface area contributed by atoms with Gasteiger partial charge in [-0.15, -0.1) is 0 Å². The van der Waals surface area contributed by atoms with E-state index in [0.29, 0.717) is 0 Å². The average molecular weight is 536 g/mol. The number of rotatable bonds is 8. The minimum Gasteiger partial charge on any atom is -0.487 e. The molecular weight excluding hydrogens is 490 g/mol. The van der Waals surface area contributed by atoms with Gasteiger partial charge >= 0.3 is 12.0 Å². The Kier molecular flexibility index (Phi) is 9.32. The number of hydrogen-bond donors (Lipinski definition) is 1. The number of aliphatic hydroxyl groups excluding tert-OH is 1. The molecule has 1 aliphatic rings. The van der Waals surface area contributed by atoms with Gasteiger partial charge in [-0.1, -0.05) is 51.1 Å². The summed E-state index contributed by atoms with van der Waals surface area (Å²) in [4.78, 5) is 27.8. The number of carbonyl (C=O) groups excluding carboxylic acids is 2. The normalized spacial score (nSPS) is 18.2. The first kappa shape index (κ1) is 30.9. The molecule has 1 heterocycles. The zero-order valence-corrected chi connectivity index (χ0v) is 25.3. The molecule has 0 spiro atoms. The molecule has 2 rings (SSSR count). The van der Waals surface area contributed by atoms with E-state index >= 15 is 0 Å². The van der Waals surface area contributed by atoms with E-state index in [1.165, 1.54) is 0 Å². The molecule has 0 saturated carbocycles. The second-order valence-corrected chi connectivity index (χ2v) is 17.7. The van der Waals surface area contributed by atoms with Gasteiger partial charge in [0, 0.05) is 0 Å². The van der Waals surface area contributed by atoms with Crippen molar-refractivity contribution in [1.82, 2.24) is 4.90 Å². The van der Waals surface area contributed by atoms with Crippen LogP contribution in [0.15, 0.2) is 41.9 Å². The monoisotopic (exact) mass is 535 g/mol. The Morgan fingerprint density at radius 1 is 1.00 bits per heavy atom. The quantitative estimate of drug-likeness (QED) is 0.423. The highest BCUT2D eigenvalue weighted by atomic mass is 28.4. The maximum Gasteiger partial charge on any atom is 0.418 e. The van der Waals surface area contributed by atoms with E-state index in [0.717, 1.165) is 10.5 Å². The Balaban J connectivity index is 2.52. The maximum absolute atomic E-state index is 13.6. The summed E-state index contributed by atoms with van der Waals surface area (Å²) in [7, 11) is -2.24. The zero-order valence-electron chi connectivity index (χ0n) is 24.3. The lowest BCUT2D eigenvalue weighted by Crippen LogP contribution is -2.52. The number of imide groups is 1. The standard InChI is InChI=1S/C28H45NO7Si/c1-26(2,3)35-23-22(33-17-19-15-13-12-14-16-19)21(20(30)18-34-37(10,11)28(7,8)9)29(24(23)31)25(32)36-27(4,5)6/h12-16,20-21,30H,17-18H2,1-11H3/t20-,21-/m1/s1. The van der Waals surface area contributed by atoms with E-state index in [1.807, 2.05) is 30.3 Å². The second kappa shape index (κ2) is 11.2. The van der Waals surface area contributed by atoms with Gasteiger partial charge in [0.25, 0.3) is 0 Å². The Bertz CT molecular complexity index is 985. The van der Waals surface area contributed by atoms with Crippen LogP contribution in [0.2, 0.25) is 18.1 Å². The van der Waals surface area contributed by atoms with Crippen molar-refractivity contribution in [2.75, 3.05) is 6.61 Å². The van der Waals surface area contributed by atoms with Gasteiger partial charge in [-0.05, 0) is 65.2 Å². The highest BCUT2D eigenvalue weighted by Crippen LogP contribution is 2.38. The van der Waals surface area contributed by atoms with Crippen LogP contribution in [0, 0.1) is 0 Å². The highest BCUT2D eigenvalue weighted by Gasteiger charge is 2.52. The zero-order chi connectivity index (χ0) is 28.4. The number of amides is 2. The molecule has 0 bridgehead atoms. The molecule has 1 aromatic carbocycles. The number of hydrogen-bond acceptors (Lipinski definition) is 7. The van der Waals surface area contributed by atoms with Crippen molar-refractivity contribution < 1.29 is 33.3 Å². The van der Waals surface area contributed by atoms with Crippen LogP contribution in [-0.2, 0) is 30.0 Å². The molecule has 1 aromatic rings. The van der Waals surface area contributed by atoms with Gasteiger partial charge in [-0.3, -0.25) is 4.79 Å². The predicted octanol–water partition coefficient (Wildman–Crippen LogP) is 5.76. The molecule has 0 aromatic heterocycles. The molecule has 0 aliphatic carbocycles. The Morgan fingerprint density at radius 3 is 2.05 bits per heavy atom. The molecule has 0 radical (unpaired) electrons. The van der Waals surface area contributed by atoms with Crippen LogP contribution in [0.3, 0.4) is 0 Å². The van der Waals surface area contributed by atoms with Gasteiger partial charge in [0.15, 0.2) is 14.1 Å². The van der Waals surface area contributed by atoms with Gasteiger partial charge < -0.3 is 23.7 Å². The summed E-state index contributed by atoms with van der Waals surface area (Å²) in [5.41, 5.74) is -0.758. The van der Waals surface area contributed by atoms with Crippen LogP contribution < -0.4 is 0 Å². The van der Waals surface area contributed by atoms with E-state index in [9.17, 15) is 14.7 Å². The third kappa shape index (κ3) is 8.31. The fraction of sp³-hybridized carbons (Fsp3) is 0.643. The van der Waals surface area contributed by atoms with Crippen molar-refractivity contribution in [3.63, 3.8) is 0 Å². The van der Waals surface area contributed by atoms with Gasteiger partial charge in [0.05, 0.1) is 6.61 Å². The lowest BCUT2D eigenvalue weighted by Gasteiger charge is -2.38. The first-order chi connectivity index (χ1) is 16.7. The van der Waals surface area contributed by atoms with Gasteiger partial charge in [0.2, 0.25) is 5.76 Å². The molecule has 1 N–H and O–H groups in total. The molecular formula is C28H45NO7Si. The molecule has 8 nitrogen and oxygen atoms in total. The second-order valence-electron chi connectivity index (χ2n) is 12.9. The van der Waals surface area contributed by atoms with Crippen molar-refractivity contribution in [2.45, 2.75) is 110 Å². The van der Waals surface area contributed by atoms with Crippen molar-refractivity contribution in [3.8, 4) is 0 Å². The molecule has 1 aliphatic heterocycles. The summed E-state index contributed by atoms with van der Waals surface area (Å²) in [5.74, 6) is -0.754. The van der Waals surface area contributed by atoms with Crippen LogP contribution in [0.5, 0.6) is 0 Å². The van der Waals surface area contributed by atoms with Gasteiger partial charge in [0.1, 0.15) is 30.0 Å². The largest absolute Gasteiger partial charge is 0.487 e. The summed E-state index contributed by atoms with van der Waals surface area (Å²) >= 11 is 0. The predicted molar refractivity (Wildman–Crippen MR) is 145 cm³/mol. The number of aliphatic hydroxyl groups is 1. The number of benzene rings is 1. The summed E-state index contributed by atoms with van der Waals surface area (Å²) in [5, 5.41) is 11.3. The molecule has 0 unspecified atom stereocenters.